The van der Waals surface area contributed by atoms with Crippen LogP contribution in [-0.4, -0.2) is 16.7 Å². The highest BCUT2D eigenvalue weighted by Gasteiger charge is 2.09. The first-order chi connectivity index (χ1) is 10.7. The van der Waals surface area contributed by atoms with E-state index in [4.69, 9.17) is 0 Å². The molecule has 4 heteroatoms. The van der Waals surface area contributed by atoms with Gasteiger partial charge in [-0.25, -0.2) is 0 Å². The van der Waals surface area contributed by atoms with E-state index in [0.29, 0.717) is 6.54 Å². The lowest BCUT2D eigenvalue weighted by atomic mass is 10.2. The number of aryl methyl sites for hydroxylation is 1. The van der Waals surface area contributed by atoms with Crippen LogP contribution in [0, 0.1) is 6.92 Å². The average molecular weight is 310 g/mol. The molecule has 3 rings (SSSR count). The monoisotopic (exact) mass is 310 g/mol. The molecule has 0 saturated heterocycles. The van der Waals surface area contributed by atoms with Gasteiger partial charge in [0.05, 0.1) is 0 Å². The molecule has 0 radical (unpaired) electrons. The summed E-state index contributed by atoms with van der Waals surface area (Å²) in [7, 11) is 0. The molecule has 0 atom stereocenters. The van der Waals surface area contributed by atoms with Crippen molar-refractivity contribution in [2.24, 2.45) is 0 Å². The predicted molar refractivity (Wildman–Crippen MR) is 93.5 cm³/mol. The number of para-hydroxylation sites is 1. The Bertz CT molecular complexity index is 823. The fraction of sp³-hybridized carbons (Fsp3) is 0.167. The summed E-state index contributed by atoms with van der Waals surface area (Å²) in [6.45, 7) is 2.35. The molecule has 1 amide bonds. The van der Waals surface area contributed by atoms with E-state index in [0.717, 1.165) is 27.2 Å². The van der Waals surface area contributed by atoms with Crippen LogP contribution in [0.2, 0.25) is 0 Å². The summed E-state index contributed by atoms with van der Waals surface area (Å²) in [4.78, 5) is 13.5. The Hall–Kier alpha value is -2.20. The van der Waals surface area contributed by atoms with Crippen LogP contribution in [0.15, 0.2) is 59.5 Å². The number of rotatable bonds is 4. The highest BCUT2D eigenvalue weighted by atomic mass is 32.2. The molecule has 2 aromatic carbocycles. The third kappa shape index (κ3) is 3.02. The lowest BCUT2D eigenvalue weighted by Crippen LogP contribution is -2.19. The molecular weight excluding hydrogens is 292 g/mol. The normalized spacial score (nSPS) is 10.8. The van der Waals surface area contributed by atoms with Crippen LogP contribution in [0.3, 0.4) is 0 Å². The van der Waals surface area contributed by atoms with Gasteiger partial charge in [-0.05, 0) is 48.9 Å². The number of fused-ring (bicyclic) bond motifs is 1. The van der Waals surface area contributed by atoms with E-state index >= 15 is 0 Å². The maximum Gasteiger partial charge on any atom is 0.244 e. The lowest BCUT2D eigenvalue weighted by molar-refractivity contribution is -0.116. The minimum atomic E-state index is -0.0114. The van der Waals surface area contributed by atoms with E-state index in [1.165, 1.54) is 0 Å². The highest BCUT2D eigenvalue weighted by Crippen LogP contribution is 2.21. The minimum Gasteiger partial charge on any atom is -0.335 e. The number of hydrogen-bond donors (Lipinski definition) is 1. The zero-order chi connectivity index (χ0) is 15.5. The Kier molecular flexibility index (Phi) is 4.20. The van der Waals surface area contributed by atoms with Gasteiger partial charge in [-0.15, -0.1) is 11.8 Å². The van der Waals surface area contributed by atoms with E-state index < -0.39 is 0 Å². The molecule has 112 valence electrons. The van der Waals surface area contributed by atoms with Gasteiger partial charge in [-0.1, -0.05) is 24.3 Å². The third-order valence-corrected chi connectivity index (χ3v) is 4.40. The van der Waals surface area contributed by atoms with Crippen molar-refractivity contribution in [1.82, 2.24) is 4.57 Å². The highest BCUT2D eigenvalue weighted by molar-refractivity contribution is 7.98. The molecule has 3 nitrogen and oxygen atoms in total. The summed E-state index contributed by atoms with van der Waals surface area (Å²) in [5, 5.41) is 4.14. The number of benzene rings is 2. The molecule has 1 N–H and O–H groups in total. The van der Waals surface area contributed by atoms with Gasteiger partial charge in [0.1, 0.15) is 6.54 Å². The first-order valence-electron chi connectivity index (χ1n) is 7.16. The molecule has 0 aliphatic carbocycles. The Labute approximate surface area is 134 Å². The number of thioether (sulfide) groups is 1. The molecule has 0 aliphatic rings. The summed E-state index contributed by atoms with van der Waals surface area (Å²) in [5.41, 5.74) is 3.02. The lowest BCUT2D eigenvalue weighted by Gasteiger charge is -2.10. The number of amides is 1. The molecule has 22 heavy (non-hydrogen) atoms. The van der Waals surface area contributed by atoms with Gasteiger partial charge in [0.15, 0.2) is 0 Å². The molecule has 3 aromatic rings. The number of carbonyl (C=O) groups is 1. The molecule has 0 unspecified atom stereocenters. The van der Waals surface area contributed by atoms with Gasteiger partial charge < -0.3 is 9.88 Å². The number of carbonyl (C=O) groups excluding carboxylic acids is 1. The van der Waals surface area contributed by atoms with Gasteiger partial charge in [0.2, 0.25) is 5.91 Å². The van der Waals surface area contributed by atoms with Crippen LogP contribution in [0.4, 0.5) is 5.69 Å². The van der Waals surface area contributed by atoms with Crippen molar-refractivity contribution in [3.05, 3.63) is 60.3 Å². The standard InChI is InChI=1S/C18H18N2OS/c1-13-10-14-6-3-4-9-17(14)20(13)12-18(21)19-15-7-5-8-16(11-15)22-2/h3-11H,12H2,1-2H3,(H,19,21). The third-order valence-electron chi connectivity index (χ3n) is 3.67. The quantitative estimate of drug-likeness (QED) is 0.729. The van der Waals surface area contributed by atoms with Crippen molar-refractivity contribution in [3.8, 4) is 0 Å². The molecule has 0 aliphatic heterocycles. The SMILES string of the molecule is CSc1cccc(NC(=O)Cn2c(C)cc3ccccc32)c1. The van der Waals surface area contributed by atoms with Gasteiger partial charge >= 0.3 is 0 Å². The van der Waals surface area contributed by atoms with Crippen LogP contribution >= 0.6 is 11.8 Å². The summed E-state index contributed by atoms with van der Waals surface area (Å²) in [6, 6.07) is 18.1. The van der Waals surface area contributed by atoms with E-state index in [2.05, 4.69) is 17.4 Å². The largest absolute Gasteiger partial charge is 0.335 e. The van der Waals surface area contributed by atoms with Crippen molar-refractivity contribution in [2.45, 2.75) is 18.4 Å². The van der Waals surface area contributed by atoms with Crippen molar-refractivity contribution in [3.63, 3.8) is 0 Å². The smallest absolute Gasteiger partial charge is 0.244 e. The van der Waals surface area contributed by atoms with Crippen molar-refractivity contribution in [2.75, 3.05) is 11.6 Å². The average Bonchev–Trinajstić information content (AvgIpc) is 2.83. The molecule has 0 bridgehead atoms. The first-order valence-corrected chi connectivity index (χ1v) is 8.38. The molecule has 0 spiro atoms. The number of nitrogens with one attached hydrogen (secondary N) is 1. The molecule has 0 fully saturated rings. The number of nitrogens with zero attached hydrogens (tertiary/aromatic N) is 1. The first kappa shape index (κ1) is 14.7. The van der Waals surface area contributed by atoms with Crippen LogP contribution < -0.4 is 5.32 Å². The van der Waals surface area contributed by atoms with Crippen LogP contribution in [0.1, 0.15) is 5.69 Å². The molecule has 1 heterocycles. The Morgan fingerprint density at radius 2 is 1.95 bits per heavy atom. The zero-order valence-electron chi connectivity index (χ0n) is 12.7. The number of anilines is 1. The van der Waals surface area contributed by atoms with E-state index in [1.807, 2.05) is 60.2 Å². The molecule has 1 aromatic heterocycles. The van der Waals surface area contributed by atoms with Gasteiger partial charge in [0.25, 0.3) is 0 Å². The van der Waals surface area contributed by atoms with Gasteiger partial charge in [0, 0.05) is 21.8 Å². The van der Waals surface area contributed by atoms with Crippen LogP contribution in [0.5, 0.6) is 0 Å². The number of hydrogen-bond acceptors (Lipinski definition) is 2. The maximum absolute atomic E-state index is 12.3. The van der Waals surface area contributed by atoms with Crippen molar-refractivity contribution < 1.29 is 4.79 Å². The van der Waals surface area contributed by atoms with Gasteiger partial charge in [-0.2, -0.15) is 0 Å². The van der Waals surface area contributed by atoms with Gasteiger partial charge in [-0.3, -0.25) is 4.79 Å². The van der Waals surface area contributed by atoms with Crippen LogP contribution in [-0.2, 0) is 11.3 Å². The number of aromatic nitrogens is 1. The molecule has 0 saturated carbocycles. The zero-order valence-corrected chi connectivity index (χ0v) is 13.5. The summed E-state index contributed by atoms with van der Waals surface area (Å²) >= 11 is 1.66. The second-order valence-corrected chi connectivity index (χ2v) is 6.09. The van der Waals surface area contributed by atoms with Crippen LogP contribution in [0.25, 0.3) is 10.9 Å². The summed E-state index contributed by atoms with van der Waals surface area (Å²) in [5.74, 6) is -0.0114. The van der Waals surface area contributed by atoms with E-state index in [-0.39, 0.29) is 5.91 Å². The van der Waals surface area contributed by atoms with E-state index in [1.54, 1.807) is 11.8 Å². The fourth-order valence-electron chi connectivity index (χ4n) is 2.60. The van der Waals surface area contributed by atoms with Crippen molar-refractivity contribution >= 4 is 34.3 Å². The second kappa shape index (κ2) is 6.28. The topological polar surface area (TPSA) is 34.0 Å². The minimum absolute atomic E-state index is 0.0114. The Balaban J connectivity index is 1.79. The second-order valence-electron chi connectivity index (χ2n) is 5.21. The predicted octanol–water partition coefficient (Wildman–Crippen LogP) is 4.31. The summed E-state index contributed by atoms with van der Waals surface area (Å²) in [6.07, 6.45) is 2.02. The van der Waals surface area contributed by atoms with Crippen molar-refractivity contribution in [1.29, 1.82) is 0 Å². The maximum atomic E-state index is 12.3. The molecular formula is C18H18N2OS. The fourth-order valence-corrected chi connectivity index (χ4v) is 3.06. The summed E-state index contributed by atoms with van der Waals surface area (Å²) < 4.78 is 2.04. The Morgan fingerprint density at radius 3 is 2.77 bits per heavy atom. The Morgan fingerprint density at radius 1 is 1.14 bits per heavy atom. The van der Waals surface area contributed by atoms with E-state index in [9.17, 15) is 4.79 Å².